The average Bonchev–Trinajstić information content (AvgIpc) is 2.91. The molecule has 0 saturated carbocycles. The molecule has 0 fully saturated rings. The fourth-order valence-electron chi connectivity index (χ4n) is 2.51. The maximum atomic E-state index is 11.8. The van der Waals surface area contributed by atoms with E-state index in [1.807, 2.05) is 20.0 Å². The molecule has 0 spiro atoms. The van der Waals surface area contributed by atoms with Gasteiger partial charge >= 0.3 is 0 Å². The van der Waals surface area contributed by atoms with Crippen molar-refractivity contribution in [3.8, 4) is 5.00 Å². The van der Waals surface area contributed by atoms with Gasteiger partial charge in [0.2, 0.25) is 0 Å². The van der Waals surface area contributed by atoms with Crippen molar-refractivity contribution in [2.45, 2.75) is 20.8 Å². The molecule has 0 saturated heterocycles. The van der Waals surface area contributed by atoms with Crippen LogP contribution in [0.4, 0.5) is 0 Å². The first-order valence-corrected chi connectivity index (χ1v) is 7.28. The van der Waals surface area contributed by atoms with Crippen molar-refractivity contribution < 1.29 is 4.79 Å². The van der Waals surface area contributed by atoms with Gasteiger partial charge in [-0.1, -0.05) is 11.6 Å². The van der Waals surface area contributed by atoms with E-state index < -0.39 is 0 Å². The molecule has 1 aromatic carbocycles. The predicted octanol–water partition coefficient (Wildman–Crippen LogP) is 3.72. The van der Waals surface area contributed by atoms with Crippen LogP contribution in [0, 0.1) is 20.8 Å². The normalized spacial score (nSPS) is 11.2. The van der Waals surface area contributed by atoms with Gasteiger partial charge < -0.3 is 10.3 Å². The summed E-state index contributed by atoms with van der Waals surface area (Å²) in [7, 11) is 0. The first-order valence-electron chi connectivity index (χ1n) is 6.47. The fraction of sp³-hybridized carbons (Fsp3) is 0.188. The minimum absolute atomic E-state index is 0.365. The van der Waals surface area contributed by atoms with Crippen LogP contribution in [-0.2, 0) is 0 Å². The van der Waals surface area contributed by atoms with Gasteiger partial charge in [0, 0.05) is 16.5 Å². The van der Waals surface area contributed by atoms with E-state index in [9.17, 15) is 4.79 Å². The Labute approximate surface area is 121 Å². The third-order valence-electron chi connectivity index (χ3n) is 3.68. The number of thiophene rings is 1. The molecule has 0 bridgehead atoms. The number of amides is 1. The molecule has 3 rings (SSSR count). The third kappa shape index (κ3) is 1.84. The van der Waals surface area contributed by atoms with E-state index in [0.29, 0.717) is 5.56 Å². The summed E-state index contributed by atoms with van der Waals surface area (Å²) in [5, 5.41) is 2.08. The topological polar surface area (TPSA) is 48.0 Å². The molecule has 0 atom stereocenters. The van der Waals surface area contributed by atoms with Gasteiger partial charge in [0.1, 0.15) is 5.00 Å². The molecule has 0 aliphatic carbocycles. The lowest BCUT2D eigenvalue weighted by molar-refractivity contribution is 0.1000. The van der Waals surface area contributed by atoms with E-state index >= 15 is 0 Å². The highest BCUT2D eigenvalue weighted by Crippen LogP contribution is 2.33. The maximum absolute atomic E-state index is 11.8. The Bertz CT molecular complexity index is 826. The largest absolute Gasteiger partial charge is 0.365 e. The molecule has 2 aromatic heterocycles. The lowest BCUT2D eigenvalue weighted by Gasteiger charge is -2.05. The summed E-state index contributed by atoms with van der Waals surface area (Å²) in [6.07, 6.45) is 2.00. The van der Waals surface area contributed by atoms with Crippen LogP contribution in [0.3, 0.4) is 0 Å². The molecular formula is C16H16N2OS. The van der Waals surface area contributed by atoms with Crippen molar-refractivity contribution in [3.05, 3.63) is 52.0 Å². The summed E-state index contributed by atoms with van der Waals surface area (Å²) in [5.74, 6) is -0.365. The Kier molecular flexibility index (Phi) is 2.91. The number of aromatic nitrogens is 1. The molecule has 4 heteroatoms. The third-order valence-corrected chi connectivity index (χ3v) is 4.88. The number of rotatable bonds is 2. The monoisotopic (exact) mass is 284 g/mol. The molecule has 3 aromatic rings. The summed E-state index contributed by atoms with van der Waals surface area (Å²) in [6, 6.07) is 8.37. The van der Waals surface area contributed by atoms with Crippen molar-refractivity contribution in [2.75, 3.05) is 0 Å². The summed E-state index contributed by atoms with van der Waals surface area (Å²) < 4.78 is 2.06. The predicted molar refractivity (Wildman–Crippen MR) is 83.9 cm³/mol. The van der Waals surface area contributed by atoms with E-state index in [4.69, 9.17) is 5.73 Å². The van der Waals surface area contributed by atoms with Gasteiger partial charge in [0.25, 0.3) is 5.91 Å². The first kappa shape index (κ1) is 12.9. The van der Waals surface area contributed by atoms with E-state index in [1.54, 1.807) is 11.3 Å². The number of hydrogen-bond acceptors (Lipinski definition) is 2. The zero-order valence-electron chi connectivity index (χ0n) is 11.7. The molecule has 1 amide bonds. The van der Waals surface area contributed by atoms with Crippen molar-refractivity contribution >= 4 is 28.1 Å². The Morgan fingerprint density at radius 2 is 1.95 bits per heavy atom. The molecule has 0 radical (unpaired) electrons. The summed E-state index contributed by atoms with van der Waals surface area (Å²) in [5.41, 5.74) is 9.49. The number of benzene rings is 1. The summed E-state index contributed by atoms with van der Waals surface area (Å²) in [4.78, 5) is 12.9. The molecule has 3 nitrogen and oxygen atoms in total. The number of aryl methyl sites for hydroxylation is 2. The average molecular weight is 284 g/mol. The molecule has 2 N–H and O–H groups in total. The minimum Gasteiger partial charge on any atom is -0.365 e. The molecule has 0 unspecified atom stereocenters. The van der Waals surface area contributed by atoms with E-state index in [-0.39, 0.29) is 5.91 Å². The maximum Gasteiger partial charge on any atom is 0.252 e. The van der Waals surface area contributed by atoms with Crippen LogP contribution in [0.2, 0.25) is 0 Å². The second-order valence-electron chi connectivity index (χ2n) is 5.08. The molecule has 0 aliphatic heterocycles. The van der Waals surface area contributed by atoms with Crippen molar-refractivity contribution in [1.29, 1.82) is 0 Å². The molecule has 2 heterocycles. The molecular weight excluding hydrogens is 268 g/mol. The van der Waals surface area contributed by atoms with Crippen LogP contribution in [0.15, 0.2) is 30.5 Å². The van der Waals surface area contributed by atoms with Crippen LogP contribution in [-0.4, -0.2) is 10.5 Å². The number of nitrogens with zero attached hydrogens (tertiary/aromatic N) is 1. The van der Waals surface area contributed by atoms with E-state index in [2.05, 4.69) is 35.8 Å². The van der Waals surface area contributed by atoms with Crippen molar-refractivity contribution in [2.24, 2.45) is 5.73 Å². The molecule has 0 aliphatic rings. The zero-order valence-corrected chi connectivity index (χ0v) is 12.5. The van der Waals surface area contributed by atoms with Crippen LogP contribution >= 0.6 is 11.3 Å². The standard InChI is InChI=1S/C16H16N2OS/c1-9-4-5-13-12(8-9)6-7-18(13)16-14(15(17)19)10(2)11(3)20-16/h4-8H,1-3H3,(H2,17,19). The second kappa shape index (κ2) is 4.49. The minimum atomic E-state index is -0.365. The number of carbonyl (C=O) groups excluding carboxylic acids is 1. The molecule has 102 valence electrons. The lowest BCUT2D eigenvalue weighted by Crippen LogP contribution is -2.14. The van der Waals surface area contributed by atoms with Gasteiger partial charge in [-0.3, -0.25) is 4.79 Å². The smallest absolute Gasteiger partial charge is 0.252 e. The van der Waals surface area contributed by atoms with Gasteiger partial charge in [-0.15, -0.1) is 11.3 Å². The quantitative estimate of drug-likeness (QED) is 0.766. The first-order chi connectivity index (χ1) is 9.49. The van der Waals surface area contributed by atoms with Gasteiger partial charge in [-0.25, -0.2) is 0 Å². The SMILES string of the molecule is Cc1ccc2c(ccn2-c2sc(C)c(C)c2C(N)=O)c1. The van der Waals surface area contributed by atoms with Gasteiger partial charge in [-0.2, -0.15) is 0 Å². The Morgan fingerprint density at radius 3 is 2.65 bits per heavy atom. The van der Waals surface area contributed by atoms with E-state index in [1.165, 1.54) is 10.9 Å². The van der Waals surface area contributed by atoms with Crippen molar-refractivity contribution in [3.63, 3.8) is 0 Å². The van der Waals surface area contributed by atoms with Crippen LogP contribution in [0.25, 0.3) is 15.9 Å². The highest BCUT2D eigenvalue weighted by atomic mass is 32.1. The zero-order chi connectivity index (χ0) is 14.4. The number of primary amides is 1. The van der Waals surface area contributed by atoms with Crippen LogP contribution in [0.1, 0.15) is 26.4 Å². The van der Waals surface area contributed by atoms with Gasteiger partial charge in [0.15, 0.2) is 0 Å². The Morgan fingerprint density at radius 1 is 1.20 bits per heavy atom. The number of nitrogens with two attached hydrogens (primary N) is 1. The highest BCUT2D eigenvalue weighted by Gasteiger charge is 2.19. The Hall–Kier alpha value is -2.07. The molecule has 20 heavy (non-hydrogen) atoms. The number of hydrogen-bond donors (Lipinski definition) is 1. The number of carbonyl (C=O) groups is 1. The second-order valence-corrected chi connectivity index (χ2v) is 6.28. The number of fused-ring (bicyclic) bond motifs is 1. The highest BCUT2D eigenvalue weighted by molar-refractivity contribution is 7.15. The fourth-order valence-corrected chi connectivity index (χ4v) is 3.67. The van der Waals surface area contributed by atoms with Gasteiger partial charge in [0.05, 0.1) is 11.1 Å². The Balaban J connectivity index is 2.31. The van der Waals surface area contributed by atoms with Gasteiger partial charge in [-0.05, 0) is 44.5 Å². The summed E-state index contributed by atoms with van der Waals surface area (Å²) in [6.45, 7) is 6.04. The van der Waals surface area contributed by atoms with Crippen LogP contribution in [0.5, 0.6) is 0 Å². The van der Waals surface area contributed by atoms with Crippen molar-refractivity contribution in [1.82, 2.24) is 4.57 Å². The van der Waals surface area contributed by atoms with Crippen LogP contribution < -0.4 is 5.73 Å². The lowest BCUT2D eigenvalue weighted by atomic mass is 10.1. The van der Waals surface area contributed by atoms with E-state index in [0.717, 1.165) is 21.0 Å². The summed E-state index contributed by atoms with van der Waals surface area (Å²) >= 11 is 1.61.